The summed E-state index contributed by atoms with van der Waals surface area (Å²) in [6.45, 7) is 3.70. The maximum Gasteiger partial charge on any atom is 0.251 e. The van der Waals surface area contributed by atoms with Crippen molar-refractivity contribution in [3.63, 3.8) is 0 Å². The van der Waals surface area contributed by atoms with Gasteiger partial charge in [0.05, 0.1) is 0 Å². The number of rotatable bonds is 10. The van der Waals surface area contributed by atoms with Crippen LogP contribution in [0.15, 0.2) is 47.7 Å². The summed E-state index contributed by atoms with van der Waals surface area (Å²) in [5.41, 5.74) is 1.69. The molecule has 8 heteroatoms. The van der Waals surface area contributed by atoms with Crippen LogP contribution in [-0.2, 0) is 13.1 Å². The number of hydrogen-bond acceptors (Lipinski definition) is 4. The van der Waals surface area contributed by atoms with Crippen LogP contribution in [0.5, 0.6) is 0 Å². The molecule has 2 rings (SSSR count). The van der Waals surface area contributed by atoms with E-state index in [4.69, 9.17) is 0 Å². The summed E-state index contributed by atoms with van der Waals surface area (Å²) in [4.78, 5) is 18.5. The highest BCUT2D eigenvalue weighted by Crippen LogP contribution is 2.05. The molecule has 3 N–H and O–H groups in total. The Labute approximate surface area is 167 Å². The Hall–Kier alpha value is -2.87. The molecule has 1 aromatic carbocycles. The maximum atomic E-state index is 12.3. The van der Waals surface area contributed by atoms with Crippen molar-refractivity contribution in [3.05, 3.63) is 53.9 Å². The van der Waals surface area contributed by atoms with Crippen molar-refractivity contribution in [1.82, 2.24) is 30.6 Å². The molecule has 152 valence electrons. The number of aliphatic imine (C=N–C) groups is 1. The van der Waals surface area contributed by atoms with Gasteiger partial charge in [0.1, 0.15) is 0 Å². The van der Waals surface area contributed by atoms with Crippen LogP contribution < -0.4 is 16.0 Å². The van der Waals surface area contributed by atoms with Crippen LogP contribution >= 0.6 is 0 Å². The van der Waals surface area contributed by atoms with Gasteiger partial charge in [0, 0.05) is 57.7 Å². The monoisotopic (exact) mass is 385 g/mol. The highest BCUT2D eigenvalue weighted by molar-refractivity contribution is 5.94. The van der Waals surface area contributed by atoms with Gasteiger partial charge in [-0.1, -0.05) is 12.1 Å². The van der Waals surface area contributed by atoms with E-state index in [1.165, 1.54) is 0 Å². The molecule has 0 saturated heterocycles. The molecular weight excluding hydrogens is 354 g/mol. The van der Waals surface area contributed by atoms with E-state index in [2.05, 4.69) is 26.0 Å². The number of likely N-dealkylation sites (N-methyl/N-ethyl adjacent to an activating group) is 1. The number of carbonyl (C=O) groups excluding carboxylic acids is 1. The van der Waals surface area contributed by atoms with Crippen LogP contribution in [0, 0.1) is 0 Å². The summed E-state index contributed by atoms with van der Waals surface area (Å²) in [6, 6.07) is 9.55. The second-order valence-corrected chi connectivity index (χ2v) is 6.73. The fourth-order valence-electron chi connectivity index (χ4n) is 2.60. The number of guanidine groups is 1. The first-order valence-electron chi connectivity index (χ1n) is 9.52. The third kappa shape index (κ3) is 7.79. The summed E-state index contributed by atoms with van der Waals surface area (Å²) < 4.78 is 1.91. The normalized spacial score (nSPS) is 11.5. The van der Waals surface area contributed by atoms with Crippen molar-refractivity contribution in [3.8, 4) is 0 Å². The van der Waals surface area contributed by atoms with Crippen LogP contribution in [0.2, 0.25) is 0 Å². The van der Waals surface area contributed by atoms with Crippen molar-refractivity contribution in [2.45, 2.75) is 19.5 Å². The molecule has 1 heterocycles. The summed E-state index contributed by atoms with van der Waals surface area (Å²) in [6.07, 6.45) is 4.69. The standard InChI is InChI=1S/C20H31N7O/c1-21-20(23-9-5-12-27-13-6-10-25-27)24-16-17-7-4-8-18(15-17)19(28)22-11-14-26(2)3/h4,6-8,10,13,15H,5,9,11-12,14,16H2,1-3H3,(H,22,28)(H2,21,23,24). The quantitative estimate of drug-likeness (QED) is 0.322. The second kappa shape index (κ2) is 11.8. The number of aryl methyl sites for hydroxylation is 1. The third-order valence-electron chi connectivity index (χ3n) is 4.13. The van der Waals surface area contributed by atoms with Gasteiger partial charge in [0.15, 0.2) is 5.96 Å². The molecule has 1 amide bonds. The Bertz CT molecular complexity index is 741. The van der Waals surface area contributed by atoms with Crippen molar-refractivity contribution < 1.29 is 4.79 Å². The van der Waals surface area contributed by atoms with Gasteiger partial charge in [-0.3, -0.25) is 14.5 Å². The highest BCUT2D eigenvalue weighted by atomic mass is 16.1. The number of amides is 1. The molecule has 0 aliphatic heterocycles. The Kier molecular flexibility index (Phi) is 9.00. The molecule has 0 fully saturated rings. The first kappa shape index (κ1) is 21.4. The van der Waals surface area contributed by atoms with Gasteiger partial charge in [-0.15, -0.1) is 0 Å². The average Bonchev–Trinajstić information content (AvgIpc) is 3.21. The lowest BCUT2D eigenvalue weighted by atomic mass is 10.1. The van der Waals surface area contributed by atoms with Crippen LogP contribution in [-0.4, -0.2) is 67.3 Å². The molecule has 2 aromatic rings. The zero-order valence-electron chi connectivity index (χ0n) is 17.0. The smallest absolute Gasteiger partial charge is 0.251 e. The number of aromatic nitrogens is 2. The minimum Gasteiger partial charge on any atom is -0.356 e. The average molecular weight is 386 g/mol. The summed E-state index contributed by atoms with van der Waals surface area (Å²) in [7, 11) is 5.71. The molecular formula is C20H31N7O. The van der Waals surface area contributed by atoms with Gasteiger partial charge in [-0.2, -0.15) is 5.10 Å². The lowest BCUT2D eigenvalue weighted by Crippen LogP contribution is -2.37. The van der Waals surface area contributed by atoms with Crippen molar-refractivity contribution >= 4 is 11.9 Å². The van der Waals surface area contributed by atoms with Crippen molar-refractivity contribution in [1.29, 1.82) is 0 Å². The summed E-state index contributed by atoms with van der Waals surface area (Å²) in [5, 5.41) is 13.7. The minimum atomic E-state index is -0.0511. The Morgan fingerprint density at radius 1 is 1.18 bits per heavy atom. The fourth-order valence-corrected chi connectivity index (χ4v) is 2.60. The lowest BCUT2D eigenvalue weighted by Gasteiger charge is -2.13. The van der Waals surface area contributed by atoms with Gasteiger partial charge < -0.3 is 20.9 Å². The number of nitrogens with one attached hydrogen (secondary N) is 3. The van der Waals surface area contributed by atoms with Gasteiger partial charge in [0.25, 0.3) is 5.91 Å². The second-order valence-electron chi connectivity index (χ2n) is 6.73. The number of carbonyl (C=O) groups is 1. The molecule has 0 aliphatic rings. The highest BCUT2D eigenvalue weighted by Gasteiger charge is 2.06. The predicted octanol–water partition coefficient (Wildman–Crippen LogP) is 0.930. The molecule has 8 nitrogen and oxygen atoms in total. The molecule has 0 saturated carbocycles. The zero-order chi connectivity index (χ0) is 20.2. The lowest BCUT2D eigenvalue weighted by molar-refractivity contribution is 0.0951. The third-order valence-corrected chi connectivity index (χ3v) is 4.13. The molecule has 28 heavy (non-hydrogen) atoms. The summed E-state index contributed by atoms with van der Waals surface area (Å²) >= 11 is 0. The number of hydrogen-bond donors (Lipinski definition) is 3. The van der Waals surface area contributed by atoms with Crippen molar-refractivity contribution in [2.24, 2.45) is 4.99 Å². The van der Waals surface area contributed by atoms with Crippen molar-refractivity contribution in [2.75, 3.05) is 40.8 Å². The Balaban J connectivity index is 1.74. The first-order valence-corrected chi connectivity index (χ1v) is 9.52. The van der Waals surface area contributed by atoms with E-state index in [1.54, 1.807) is 13.2 Å². The topological polar surface area (TPSA) is 86.6 Å². The number of nitrogens with zero attached hydrogens (tertiary/aromatic N) is 4. The minimum absolute atomic E-state index is 0.0511. The fraction of sp³-hybridized carbons (Fsp3) is 0.450. The number of benzene rings is 1. The molecule has 1 aromatic heterocycles. The molecule has 0 aliphatic carbocycles. The molecule has 0 bridgehead atoms. The molecule has 0 atom stereocenters. The molecule has 0 spiro atoms. The van der Waals surface area contributed by atoms with E-state index < -0.39 is 0 Å². The zero-order valence-corrected chi connectivity index (χ0v) is 17.0. The van der Waals surface area contributed by atoms with Crippen LogP contribution in [0.4, 0.5) is 0 Å². The van der Waals surface area contributed by atoms with E-state index >= 15 is 0 Å². The van der Waals surface area contributed by atoms with E-state index in [0.29, 0.717) is 18.7 Å². The molecule has 0 radical (unpaired) electrons. The summed E-state index contributed by atoms with van der Waals surface area (Å²) in [5.74, 6) is 0.686. The van der Waals surface area contributed by atoms with Gasteiger partial charge in [-0.25, -0.2) is 0 Å². The van der Waals surface area contributed by atoms with Crippen LogP contribution in [0.1, 0.15) is 22.3 Å². The SMILES string of the molecule is CN=C(NCCCn1cccn1)NCc1cccc(C(=O)NCCN(C)C)c1. The Morgan fingerprint density at radius 3 is 2.75 bits per heavy atom. The van der Waals surface area contributed by atoms with Crippen LogP contribution in [0.3, 0.4) is 0 Å². The van der Waals surface area contributed by atoms with Crippen LogP contribution in [0.25, 0.3) is 0 Å². The van der Waals surface area contributed by atoms with E-state index in [0.717, 1.165) is 37.6 Å². The first-order chi connectivity index (χ1) is 13.6. The van der Waals surface area contributed by atoms with Gasteiger partial charge in [0.2, 0.25) is 0 Å². The maximum absolute atomic E-state index is 12.3. The molecule has 0 unspecified atom stereocenters. The van der Waals surface area contributed by atoms with E-state index in [1.807, 2.05) is 60.2 Å². The van der Waals surface area contributed by atoms with E-state index in [9.17, 15) is 4.79 Å². The largest absolute Gasteiger partial charge is 0.356 e. The van der Waals surface area contributed by atoms with Gasteiger partial charge >= 0.3 is 0 Å². The van der Waals surface area contributed by atoms with Gasteiger partial charge in [-0.05, 0) is 44.3 Å². The Morgan fingerprint density at radius 2 is 2.04 bits per heavy atom. The predicted molar refractivity (Wildman–Crippen MR) is 112 cm³/mol. The van der Waals surface area contributed by atoms with E-state index in [-0.39, 0.29) is 5.91 Å².